The molecule has 1 aromatic heterocycles. The van der Waals surface area contributed by atoms with Gasteiger partial charge in [-0.05, 0) is 63.0 Å². The Kier molecular flexibility index (Phi) is 6.92. The molecule has 0 atom stereocenters. The summed E-state index contributed by atoms with van der Waals surface area (Å²) in [5.74, 6) is 0.508. The topological polar surface area (TPSA) is 54.0 Å². The lowest BCUT2D eigenvalue weighted by Crippen LogP contribution is -2.42. The minimum atomic E-state index is -0.00605. The van der Waals surface area contributed by atoms with Crippen LogP contribution in [0.4, 0.5) is 0 Å². The summed E-state index contributed by atoms with van der Waals surface area (Å²) in [6, 6.07) is 7.80. The zero-order valence-corrected chi connectivity index (χ0v) is 16.1. The average molecular weight is 403 g/mol. The maximum absolute atomic E-state index is 12.8. The summed E-state index contributed by atoms with van der Waals surface area (Å²) in [5, 5.41) is 7.98. The number of rotatable bonds is 3. The Morgan fingerprint density at radius 3 is 2.52 bits per heavy atom. The van der Waals surface area contributed by atoms with Gasteiger partial charge in [-0.1, -0.05) is 11.6 Å². The van der Waals surface area contributed by atoms with E-state index in [1.165, 1.54) is 12.8 Å². The highest BCUT2D eigenvalue weighted by Crippen LogP contribution is 2.40. The van der Waals surface area contributed by atoms with Crippen molar-refractivity contribution in [3.8, 4) is 0 Å². The molecule has 136 valence electrons. The number of pyridine rings is 1. The van der Waals surface area contributed by atoms with Crippen LogP contribution >= 0.6 is 36.4 Å². The maximum Gasteiger partial charge on any atom is 0.252 e. The highest BCUT2D eigenvalue weighted by atomic mass is 35.5. The molecule has 1 aliphatic carbocycles. The fourth-order valence-corrected chi connectivity index (χ4v) is 3.40. The van der Waals surface area contributed by atoms with Gasteiger partial charge in [0.15, 0.2) is 0 Å². The number of nitrogens with one attached hydrogen (secondary N) is 2. The number of halogens is 3. The monoisotopic (exact) mass is 401 g/mol. The zero-order valence-electron chi connectivity index (χ0n) is 13.8. The second-order valence-electron chi connectivity index (χ2n) is 6.53. The number of carbonyl (C=O) groups is 1. The molecular weight excluding hydrogens is 381 g/mol. The predicted molar refractivity (Wildman–Crippen MR) is 107 cm³/mol. The Labute approximate surface area is 164 Å². The number of fused-ring (bicyclic) bond motifs is 1. The first-order valence-electron chi connectivity index (χ1n) is 8.32. The molecule has 1 saturated carbocycles. The molecule has 0 bridgehead atoms. The van der Waals surface area contributed by atoms with E-state index < -0.39 is 0 Å². The van der Waals surface area contributed by atoms with Crippen LogP contribution in [-0.4, -0.2) is 30.0 Å². The first-order valence-corrected chi connectivity index (χ1v) is 8.70. The first kappa shape index (κ1) is 20.2. The van der Waals surface area contributed by atoms with Gasteiger partial charge in [-0.3, -0.25) is 9.78 Å². The Morgan fingerprint density at radius 1 is 1.12 bits per heavy atom. The summed E-state index contributed by atoms with van der Waals surface area (Å²) in [6.45, 7) is 1.92. The highest BCUT2D eigenvalue weighted by molar-refractivity contribution is 6.31. The van der Waals surface area contributed by atoms with Crippen LogP contribution in [0.2, 0.25) is 5.02 Å². The largest absolute Gasteiger partial charge is 0.349 e. The van der Waals surface area contributed by atoms with Crippen molar-refractivity contribution in [1.82, 2.24) is 15.6 Å². The van der Waals surface area contributed by atoms with Gasteiger partial charge >= 0.3 is 0 Å². The van der Waals surface area contributed by atoms with Crippen LogP contribution in [0.1, 0.15) is 47.7 Å². The van der Waals surface area contributed by atoms with Crippen LogP contribution in [0.25, 0.3) is 10.9 Å². The van der Waals surface area contributed by atoms with Crippen molar-refractivity contribution in [3.63, 3.8) is 0 Å². The lowest BCUT2D eigenvalue weighted by atomic mass is 10.0. The van der Waals surface area contributed by atoms with Gasteiger partial charge in [0.2, 0.25) is 0 Å². The third-order valence-electron chi connectivity index (χ3n) is 4.71. The number of benzene rings is 1. The van der Waals surface area contributed by atoms with Gasteiger partial charge in [-0.2, -0.15) is 0 Å². The SMILES string of the molecule is Cl.Cl.O=C(NC1CCNCC1)c1cc(C2CC2)nc2ccc(Cl)cc12. The third kappa shape index (κ3) is 4.56. The first-order chi connectivity index (χ1) is 11.2. The van der Waals surface area contributed by atoms with Crippen molar-refractivity contribution in [2.75, 3.05) is 13.1 Å². The molecule has 1 amide bonds. The fraction of sp³-hybridized carbons (Fsp3) is 0.444. The summed E-state index contributed by atoms with van der Waals surface area (Å²) in [7, 11) is 0. The van der Waals surface area contributed by atoms with Gasteiger partial charge in [0, 0.05) is 28.1 Å². The Hall–Kier alpha value is -1.07. The smallest absolute Gasteiger partial charge is 0.252 e. The molecule has 2 fully saturated rings. The molecule has 0 spiro atoms. The minimum Gasteiger partial charge on any atom is -0.349 e. The normalized spacial score (nSPS) is 17.5. The van der Waals surface area contributed by atoms with Crippen molar-refractivity contribution in [1.29, 1.82) is 0 Å². The second-order valence-corrected chi connectivity index (χ2v) is 6.96. The van der Waals surface area contributed by atoms with Crippen LogP contribution in [0, 0.1) is 0 Å². The van der Waals surface area contributed by atoms with Crippen molar-refractivity contribution < 1.29 is 4.79 Å². The highest BCUT2D eigenvalue weighted by Gasteiger charge is 2.27. The lowest BCUT2D eigenvalue weighted by molar-refractivity contribution is 0.0931. The van der Waals surface area contributed by atoms with Crippen molar-refractivity contribution >= 4 is 53.2 Å². The molecule has 0 radical (unpaired) electrons. The van der Waals surface area contributed by atoms with E-state index >= 15 is 0 Å². The van der Waals surface area contributed by atoms with E-state index in [2.05, 4.69) is 10.6 Å². The molecule has 25 heavy (non-hydrogen) atoms. The maximum atomic E-state index is 12.8. The molecule has 0 unspecified atom stereocenters. The lowest BCUT2D eigenvalue weighted by Gasteiger charge is -2.24. The number of amides is 1. The number of aromatic nitrogens is 1. The molecule has 2 heterocycles. The van der Waals surface area contributed by atoms with Crippen LogP contribution in [-0.2, 0) is 0 Å². The molecule has 2 aliphatic rings. The Balaban J connectivity index is 0.00000113. The number of piperidine rings is 1. The van der Waals surface area contributed by atoms with Gasteiger partial charge in [0.05, 0.1) is 11.1 Å². The summed E-state index contributed by atoms with van der Waals surface area (Å²) < 4.78 is 0. The standard InChI is InChI=1S/C18H20ClN3O.2ClH/c19-12-3-4-16-14(9-12)15(10-17(22-16)11-1-2-11)18(23)21-13-5-7-20-8-6-13;;/h3-4,9-11,13,20H,1-2,5-8H2,(H,21,23);2*1H. The molecule has 1 aromatic carbocycles. The second kappa shape index (κ2) is 8.54. The summed E-state index contributed by atoms with van der Waals surface area (Å²) in [5.41, 5.74) is 2.60. The van der Waals surface area contributed by atoms with Gasteiger partial charge in [0.25, 0.3) is 5.91 Å². The van der Waals surface area contributed by atoms with Crippen LogP contribution in [0.3, 0.4) is 0 Å². The van der Waals surface area contributed by atoms with Crippen LogP contribution in [0.5, 0.6) is 0 Å². The van der Waals surface area contributed by atoms with Crippen LogP contribution < -0.4 is 10.6 Å². The number of nitrogens with zero attached hydrogens (tertiary/aromatic N) is 1. The quantitative estimate of drug-likeness (QED) is 0.813. The Bertz CT molecular complexity index is 759. The molecule has 1 aliphatic heterocycles. The number of carbonyl (C=O) groups excluding carboxylic acids is 1. The van der Waals surface area contributed by atoms with E-state index in [1.807, 2.05) is 24.3 Å². The predicted octanol–water partition coefficient (Wildman–Crippen LogP) is 4.09. The third-order valence-corrected chi connectivity index (χ3v) is 4.94. The molecule has 1 saturated heterocycles. The molecule has 2 aromatic rings. The zero-order chi connectivity index (χ0) is 15.8. The van der Waals surface area contributed by atoms with Crippen molar-refractivity contribution in [2.45, 2.75) is 37.6 Å². The fourth-order valence-electron chi connectivity index (χ4n) is 3.22. The van der Waals surface area contributed by atoms with Gasteiger partial charge in [-0.25, -0.2) is 0 Å². The van der Waals surface area contributed by atoms with Crippen LogP contribution in [0.15, 0.2) is 24.3 Å². The molecular formula is C18H22Cl3N3O. The molecule has 7 heteroatoms. The van der Waals surface area contributed by atoms with Crippen molar-refractivity contribution in [2.24, 2.45) is 0 Å². The van der Waals surface area contributed by atoms with Crippen molar-refractivity contribution in [3.05, 3.63) is 40.5 Å². The summed E-state index contributed by atoms with van der Waals surface area (Å²) in [4.78, 5) is 17.6. The van der Waals surface area contributed by atoms with Gasteiger partial charge < -0.3 is 10.6 Å². The number of hydrogen-bond acceptors (Lipinski definition) is 3. The Morgan fingerprint density at radius 2 is 1.84 bits per heavy atom. The summed E-state index contributed by atoms with van der Waals surface area (Å²) >= 11 is 6.13. The molecule has 2 N–H and O–H groups in total. The molecule has 4 rings (SSSR count). The molecule has 4 nitrogen and oxygen atoms in total. The minimum absolute atomic E-state index is 0. The summed E-state index contributed by atoms with van der Waals surface area (Å²) in [6.07, 6.45) is 4.29. The van der Waals surface area contributed by atoms with E-state index in [0.29, 0.717) is 16.5 Å². The van der Waals surface area contributed by atoms with Gasteiger partial charge in [0.1, 0.15) is 0 Å². The van der Waals surface area contributed by atoms with E-state index in [4.69, 9.17) is 16.6 Å². The van der Waals surface area contributed by atoms with E-state index in [1.54, 1.807) is 0 Å². The average Bonchev–Trinajstić information content (AvgIpc) is 3.39. The van der Waals surface area contributed by atoms with Gasteiger partial charge in [-0.15, -0.1) is 24.8 Å². The van der Waals surface area contributed by atoms with E-state index in [9.17, 15) is 4.79 Å². The number of hydrogen-bond donors (Lipinski definition) is 2. The van der Waals surface area contributed by atoms with E-state index in [-0.39, 0.29) is 36.8 Å². The van der Waals surface area contributed by atoms with E-state index in [0.717, 1.165) is 42.5 Å².